The quantitative estimate of drug-likeness (QED) is 0.261. The lowest BCUT2D eigenvalue weighted by molar-refractivity contribution is 0.628. The Morgan fingerprint density at radius 1 is 0.556 bits per heavy atom. The summed E-state index contributed by atoms with van der Waals surface area (Å²) in [5.41, 5.74) is 7.65. The lowest BCUT2D eigenvalue weighted by Gasteiger charge is -2.08. The van der Waals surface area contributed by atoms with Crippen molar-refractivity contribution < 1.29 is 8.81 Å². The molecule has 0 saturated carbocycles. The summed E-state index contributed by atoms with van der Waals surface area (Å²) >= 11 is 0. The van der Waals surface area contributed by atoms with Crippen molar-refractivity contribution in [1.82, 2.24) is 9.97 Å². The molecular weight excluding hydrogens is 447 g/mol. The Morgan fingerprint density at radius 2 is 1.25 bits per heavy atom. The van der Waals surface area contributed by atoms with Gasteiger partial charge in [0.1, 0.15) is 11.4 Å². The number of fused-ring (bicyclic) bond motifs is 4. The third kappa shape index (κ3) is 3.51. The van der Waals surface area contributed by atoms with E-state index in [2.05, 4.69) is 59.6 Å². The van der Waals surface area contributed by atoms with Gasteiger partial charge in [0, 0.05) is 34.3 Å². The van der Waals surface area contributed by atoms with E-state index in [1.165, 1.54) is 12.1 Å². The molecule has 4 heteroatoms. The van der Waals surface area contributed by atoms with E-state index in [1.54, 1.807) is 6.20 Å². The van der Waals surface area contributed by atoms with Crippen LogP contribution in [0.3, 0.4) is 0 Å². The first kappa shape index (κ1) is 20.5. The van der Waals surface area contributed by atoms with Crippen LogP contribution in [0.1, 0.15) is 0 Å². The van der Waals surface area contributed by atoms with E-state index in [1.807, 2.05) is 42.6 Å². The zero-order valence-electron chi connectivity index (χ0n) is 19.2. The summed E-state index contributed by atoms with van der Waals surface area (Å²) in [6, 6.07) is 33.6. The summed E-state index contributed by atoms with van der Waals surface area (Å²) in [6.45, 7) is 0. The van der Waals surface area contributed by atoms with Gasteiger partial charge < -0.3 is 4.42 Å². The van der Waals surface area contributed by atoms with Crippen LogP contribution in [0.5, 0.6) is 0 Å². The summed E-state index contributed by atoms with van der Waals surface area (Å²) in [5, 5.41) is 4.33. The highest BCUT2D eigenvalue weighted by Crippen LogP contribution is 2.32. The fourth-order valence-electron chi connectivity index (χ4n) is 4.75. The molecule has 0 bridgehead atoms. The van der Waals surface area contributed by atoms with Crippen LogP contribution in [0.25, 0.3) is 66.4 Å². The Bertz CT molecular complexity index is 1890. The van der Waals surface area contributed by atoms with Gasteiger partial charge in [0.2, 0.25) is 5.71 Å². The van der Waals surface area contributed by atoms with Crippen LogP contribution in [0.15, 0.2) is 120 Å². The molecule has 0 radical (unpaired) electrons. The van der Waals surface area contributed by atoms with Crippen LogP contribution >= 0.6 is 0 Å². The number of aromatic nitrogens is 2. The zero-order valence-corrected chi connectivity index (χ0v) is 19.2. The highest BCUT2D eigenvalue weighted by molar-refractivity contribution is 6.04. The van der Waals surface area contributed by atoms with E-state index in [0.29, 0.717) is 5.71 Å². The molecule has 0 atom stereocenters. The summed E-state index contributed by atoms with van der Waals surface area (Å²) < 4.78 is 19.1. The Balaban J connectivity index is 1.20. The smallest absolute Gasteiger partial charge is 0.227 e. The number of pyridine rings is 2. The van der Waals surface area contributed by atoms with E-state index in [-0.39, 0.29) is 5.82 Å². The minimum atomic E-state index is -0.225. The molecule has 0 aliphatic rings. The molecule has 0 aliphatic heterocycles. The van der Waals surface area contributed by atoms with Gasteiger partial charge in [-0.25, -0.2) is 9.37 Å². The van der Waals surface area contributed by atoms with Crippen LogP contribution < -0.4 is 0 Å². The van der Waals surface area contributed by atoms with Crippen LogP contribution in [0.2, 0.25) is 0 Å². The second kappa shape index (κ2) is 8.14. The van der Waals surface area contributed by atoms with Crippen molar-refractivity contribution in [3.05, 3.63) is 121 Å². The normalized spacial score (nSPS) is 11.5. The SMILES string of the molecule is Fc1ccc(-c2ccc3cc(-c4ccc(-c5ccc6oc7ncccc7c6c5)nc4)ccc3c2)cc1. The van der Waals surface area contributed by atoms with Crippen molar-refractivity contribution in [2.24, 2.45) is 0 Å². The Labute approximate surface area is 206 Å². The average molecular weight is 467 g/mol. The minimum Gasteiger partial charge on any atom is -0.438 e. The maximum Gasteiger partial charge on any atom is 0.227 e. The van der Waals surface area contributed by atoms with Crippen molar-refractivity contribution in [2.75, 3.05) is 0 Å². The molecule has 0 amide bonds. The van der Waals surface area contributed by atoms with Crippen LogP contribution in [-0.4, -0.2) is 9.97 Å². The average Bonchev–Trinajstić information content (AvgIpc) is 3.31. The molecular formula is C32H19FN2O. The van der Waals surface area contributed by atoms with E-state index in [9.17, 15) is 4.39 Å². The highest BCUT2D eigenvalue weighted by atomic mass is 19.1. The van der Waals surface area contributed by atoms with Crippen molar-refractivity contribution in [2.45, 2.75) is 0 Å². The molecule has 3 nitrogen and oxygen atoms in total. The standard InChI is InChI=1S/C32H19FN2O/c33-27-11-7-20(8-12-27)21-3-4-23-17-24(6-5-22(23)16-21)26-9-13-30(35-19-26)25-10-14-31-29(18-25)28-2-1-15-34-32(28)36-31/h1-19H. The number of nitrogens with zero attached hydrogens (tertiary/aromatic N) is 2. The number of halogens is 1. The van der Waals surface area contributed by atoms with Gasteiger partial charge in [-0.1, -0.05) is 42.5 Å². The third-order valence-corrected chi connectivity index (χ3v) is 6.66. The molecule has 0 unspecified atom stereocenters. The van der Waals surface area contributed by atoms with E-state index in [0.717, 1.165) is 60.6 Å². The molecule has 3 aromatic heterocycles. The molecule has 7 rings (SSSR count). The van der Waals surface area contributed by atoms with Crippen molar-refractivity contribution in [3.8, 4) is 33.5 Å². The van der Waals surface area contributed by atoms with Gasteiger partial charge in [-0.2, -0.15) is 0 Å². The Hall–Kier alpha value is -4.83. The van der Waals surface area contributed by atoms with E-state index < -0.39 is 0 Å². The predicted octanol–water partition coefficient (Wildman–Crippen LogP) is 8.67. The summed E-state index contributed by atoms with van der Waals surface area (Å²) in [6.07, 6.45) is 3.66. The molecule has 170 valence electrons. The second-order valence-corrected chi connectivity index (χ2v) is 8.88. The topological polar surface area (TPSA) is 38.9 Å². The van der Waals surface area contributed by atoms with Gasteiger partial charge >= 0.3 is 0 Å². The fourth-order valence-corrected chi connectivity index (χ4v) is 4.75. The Kier molecular flexibility index (Phi) is 4.64. The van der Waals surface area contributed by atoms with Gasteiger partial charge in [0.05, 0.1) is 5.69 Å². The monoisotopic (exact) mass is 466 g/mol. The first-order chi connectivity index (χ1) is 17.7. The molecule has 0 N–H and O–H groups in total. The largest absolute Gasteiger partial charge is 0.438 e. The van der Waals surface area contributed by atoms with Crippen LogP contribution in [-0.2, 0) is 0 Å². The van der Waals surface area contributed by atoms with Gasteiger partial charge in [0.15, 0.2) is 0 Å². The summed E-state index contributed by atoms with van der Waals surface area (Å²) in [4.78, 5) is 9.08. The lowest BCUT2D eigenvalue weighted by atomic mass is 9.98. The first-order valence-electron chi connectivity index (χ1n) is 11.8. The van der Waals surface area contributed by atoms with Crippen molar-refractivity contribution >= 4 is 32.8 Å². The third-order valence-electron chi connectivity index (χ3n) is 6.66. The molecule has 36 heavy (non-hydrogen) atoms. The number of rotatable bonds is 3. The molecule has 7 aromatic rings. The molecule has 0 aliphatic carbocycles. The number of hydrogen-bond donors (Lipinski definition) is 0. The predicted molar refractivity (Wildman–Crippen MR) is 143 cm³/mol. The number of hydrogen-bond acceptors (Lipinski definition) is 3. The lowest BCUT2D eigenvalue weighted by Crippen LogP contribution is -1.86. The zero-order chi connectivity index (χ0) is 24.1. The number of benzene rings is 4. The van der Waals surface area contributed by atoms with E-state index in [4.69, 9.17) is 9.40 Å². The summed E-state index contributed by atoms with van der Waals surface area (Å²) in [7, 11) is 0. The number of furan rings is 1. The maximum absolute atomic E-state index is 13.3. The summed E-state index contributed by atoms with van der Waals surface area (Å²) in [5.74, 6) is -0.225. The van der Waals surface area contributed by atoms with Gasteiger partial charge in [-0.3, -0.25) is 4.98 Å². The molecule has 0 spiro atoms. The van der Waals surface area contributed by atoms with Crippen molar-refractivity contribution in [1.29, 1.82) is 0 Å². The maximum atomic E-state index is 13.3. The van der Waals surface area contributed by atoms with E-state index >= 15 is 0 Å². The molecule has 4 aromatic carbocycles. The van der Waals surface area contributed by atoms with Crippen molar-refractivity contribution in [3.63, 3.8) is 0 Å². The molecule has 0 fully saturated rings. The van der Waals surface area contributed by atoms with Gasteiger partial charge in [-0.15, -0.1) is 0 Å². The Morgan fingerprint density at radius 3 is 2.00 bits per heavy atom. The van der Waals surface area contributed by atoms with Gasteiger partial charge in [0.25, 0.3) is 0 Å². The highest BCUT2D eigenvalue weighted by Gasteiger charge is 2.10. The molecule has 3 heterocycles. The minimum absolute atomic E-state index is 0.225. The fraction of sp³-hybridized carbons (Fsp3) is 0. The first-order valence-corrected chi connectivity index (χ1v) is 11.8. The van der Waals surface area contributed by atoms with Crippen LogP contribution in [0, 0.1) is 5.82 Å². The second-order valence-electron chi connectivity index (χ2n) is 8.88. The van der Waals surface area contributed by atoms with Crippen LogP contribution in [0.4, 0.5) is 4.39 Å². The van der Waals surface area contributed by atoms with Gasteiger partial charge in [-0.05, 0) is 88.1 Å². The molecule has 0 saturated heterocycles.